The molecule has 2 aromatic carbocycles. The molecule has 0 spiro atoms. The SMILES string of the molecule is CC(=CC(C)(C)c1ccc(O)c(Br)c1)c1ccc(O)c(Br)c1. The number of hydrogen-bond acceptors (Lipinski definition) is 2. The highest BCUT2D eigenvalue weighted by Crippen LogP contribution is 2.34. The molecule has 0 saturated heterocycles. The summed E-state index contributed by atoms with van der Waals surface area (Å²) in [6, 6.07) is 11.0. The van der Waals surface area contributed by atoms with Gasteiger partial charge in [-0.25, -0.2) is 0 Å². The summed E-state index contributed by atoms with van der Waals surface area (Å²) in [5, 5.41) is 19.2. The van der Waals surface area contributed by atoms with Gasteiger partial charge in [-0.3, -0.25) is 0 Å². The Balaban J connectivity index is 2.39. The van der Waals surface area contributed by atoms with Crippen molar-refractivity contribution in [3.8, 4) is 11.5 Å². The van der Waals surface area contributed by atoms with Crippen LogP contribution in [0, 0.1) is 0 Å². The summed E-state index contributed by atoms with van der Waals surface area (Å²) < 4.78 is 1.37. The van der Waals surface area contributed by atoms with Crippen molar-refractivity contribution >= 4 is 37.4 Å². The van der Waals surface area contributed by atoms with Gasteiger partial charge >= 0.3 is 0 Å². The number of allylic oxidation sites excluding steroid dienone is 2. The zero-order chi connectivity index (χ0) is 16.5. The maximum atomic E-state index is 9.63. The van der Waals surface area contributed by atoms with Crippen LogP contribution in [0.15, 0.2) is 51.4 Å². The third-order valence-electron chi connectivity index (χ3n) is 3.67. The van der Waals surface area contributed by atoms with E-state index in [-0.39, 0.29) is 16.9 Å². The average Bonchev–Trinajstić information content (AvgIpc) is 2.44. The molecule has 0 atom stereocenters. The van der Waals surface area contributed by atoms with Gasteiger partial charge in [-0.2, -0.15) is 0 Å². The van der Waals surface area contributed by atoms with Gasteiger partial charge in [0.25, 0.3) is 0 Å². The van der Waals surface area contributed by atoms with Gasteiger partial charge in [0, 0.05) is 5.41 Å². The standard InChI is InChI=1S/C18H18Br2O2/c1-11(12-4-6-16(21)14(19)8-12)10-18(2,3)13-5-7-17(22)15(20)9-13/h4-10,21-22H,1-3H3. The van der Waals surface area contributed by atoms with Crippen molar-refractivity contribution in [3.05, 3.63) is 62.5 Å². The van der Waals surface area contributed by atoms with Crippen LogP contribution in [-0.2, 0) is 5.41 Å². The molecule has 0 amide bonds. The summed E-state index contributed by atoms with van der Waals surface area (Å²) >= 11 is 6.71. The van der Waals surface area contributed by atoms with Gasteiger partial charge in [-0.05, 0) is 79.7 Å². The Bertz CT molecular complexity index is 734. The summed E-state index contributed by atoms with van der Waals surface area (Å²) in [6.45, 7) is 6.31. The number of benzene rings is 2. The van der Waals surface area contributed by atoms with Gasteiger partial charge in [0.2, 0.25) is 0 Å². The predicted molar refractivity (Wildman–Crippen MR) is 98.3 cm³/mol. The fourth-order valence-corrected chi connectivity index (χ4v) is 3.13. The number of halogens is 2. The van der Waals surface area contributed by atoms with Crippen molar-refractivity contribution in [2.24, 2.45) is 0 Å². The lowest BCUT2D eigenvalue weighted by molar-refractivity contribution is 0.471. The smallest absolute Gasteiger partial charge is 0.129 e. The molecule has 116 valence electrons. The fourth-order valence-electron chi connectivity index (χ4n) is 2.37. The van der Waals surface area contributed by atoms with E-state index in [0.29, 0.717) is 8.95 Å². The van der Waals surface area contributed by atoms with Gasteiger partial charge in [0.1, 0.15) is 11.5 Å². The lowest BCUT2D eigenvalue weighted by atomic mass is 9.82. The monoisotopic (exact) mass is 424 g/mol. The molecule has 0 unspecified atom stereocenters. The first-order valence-corrected chi connectivity index (χ1v) is 8.46. The maximum absolute atomic E-state index is 9.63. The Morgan fingerprint density at radius 1 is 0.955 bits per heavy atom. The van der Waals surface area contributed by atoms with Crippen LogP contribution in [0.25, 0.3) is 5.57 Å². The van der Waals surface area contributed by atoms with Crippen molar-refractivity contribution < 1.29 is 10.2 Å². The van der Waals surface area contributed by atoms with Gasteiger partial charge in [-0.1, -0.05) is 32.1 Å². The van der Waals surface area contributed by atoms with E-state index >= 15 is 0 Å². The second-order valence-corrected chi connectivity index (χ2v) is 7.59. The van der Waals surface area contributed by atoms with Crippen molar-refractivity contribution in [1.82, 2.24) is 0 Å². The van der Waals surface area contributed by atoms with Gasteiger partial charge in [-0.15, -0.1) is 0 Å². The van der Waals surface area contributed by atoms with Crippen LogP contribution in [0.2, 0.25) is 0 Å². The molecule has 0 fully saturated rings. The van der Waals surface area contributed by atoms with E-state index in [1.54, 1.807) is 12.1 Å². The number of aromatic hydroxyl groups is 2. The van der Waals surface area contributed by atoms with Crippen LogP contribution in [0.1, 0.15) is 31.9 Å². The maximum Gasteiger partial charge on any atom is 0.129 e. The molecule has 0 aliphatic rings. The van der Waals surface area contributed by atoms with Gasteiger partial charge in [0.15, 0.2) is 0 Å². The molecule has 0 bridgehead atoms. The molecule has 0 saturated carbocycles. The van der Waals surface area contributed by atoms with Crippen LogP contribution < -0.4 is 0 Å². The second kappa shape index (κ2) is 6.47. The Morgan fingerprint density at radius 3 is 2.05 bits per heavy atom. The molecule has 0 aromatic heterocycles. The third kappa shape index (κ3) is 3.73. The van der Waals surface area contributed by atoms with Crippen molar-refractivity contribution in [1.29, 1.82) is 0 Å². The molecule has 2 rings (SSSR count). The largest absolute Gasteiger partial charge is 0.507 e. The molecule has 22 heavy (non-hydrogen) atoms. The van der Waals surface area contributed by atoms with Crippen LogP contribution in [0.3, 0.4) is 0 Å². The molecular formula is C18H18Br2O2. The first-order chi connectivity index (χ1) is 10.2. The number of hydrogen-bond donors (Lipinski definition) is 2. The van der Waals surface area contributed by atoms with Crippen molar-refractivity contribution in [2.75, 3.05) is 0 Å². The first kappa shape index (κ1) is 17.1. The predicted octanol–water partition coefficient (Wildman–Crippen LogP) is 6.00. The molecule has 2 aromatic rings. The molecule has 4 heteroatoms. The van der Waals surface area contributed by atoms with E-state index in [9.17, 15) is 10.2 Å². The molecule has 2 N–H and O–H groups in total. The minimum absolute atomic E-state index is 0.190. The van der Waals surface area contributed by atoms with E-state index in [1.165, 1.54) is 0 Å². The molecule has 0 heterocycles. The van der Waals surface area contributed by atoms with Crippen molar-refractivity contribution in [2.45, 2.75) is 26.2 Å². The fraction of sp³-hybridized carbons (Fsp3) is 0.222. The zero-order valence-corrected chi connectivity index (χ0v) is 15.9. The summed E-state index contributed by atoms with van der Waals surface area (Å²) in [5.74, 6) is 0.473. The molecule has 2 nitrogen and oxygen atoms in total. The topological polar surface area (TPSA) is 40.5 Å². The number of rotatable bonds is 3. The minimum Gasteiger partial charge on any atom is -0.507 e. The van der Waals surface area contributed by atoms with E-state index in [4.69, 9.17) is 0 Å². The highest BCUT2D eigenvalue weighted by atomic mass is 79.9. The molecule has 0 aliphatic heterocycles. The van der Waals surface area contributed by atoms with Crippen LogP contribution >= 0.6 is 31.9 Å². The van der Waals surface area contributed by atoms with Gasteiger partial charge in [0.05, 0.1) is 8.95 Å². The normalized spacial score (nSPS) is 12.5. The minimum atomic E-state index is -0.190. The van der Waals surface area contributed by atoms with Crippen LogP contribution in [0.5, 0.6) is 11.5 Å². The van der Waals surface area contributed by atoms with Crippen LogP contribution in [0.4, 0.5) is 0 Å². The summed E-state index contributed by atoms with van der Waals surface area (Å²) in [4.78, 5) is 0. The highest BCUT2D eigenvalue weighted by molar-refractivity contribution is 9.10. The van der Waals surface area contributed by atoms with Gasteiger partial charge < -0.3 is 10.2 Å². The number of phenolic OH excluding ortho intramolecular Hbond substituents is 2. The van der Waals surface area contributed by atoms with Crippen molar-refractivity contribution in [3.63, 3.8) is 0 Å². The summed E-state index contributed by atoms with van der Waals surface area (Å²) in [6.07, 6.45) is 2.19. The third-order valence-corrected chi connectivity index (χ3v) is 4.94. The Hall–Kier alpha value is -1.26. The quantitative estimate of drug-likeness (QED) is 0.632. The van der Waals surface area contributed by atoms with E-state index < -0.39 is 0 Å². The second-order valence-electron chi connectivity index (χ2n) is 5.88. The first-order valence-electron chi connectivity index (χ1n) is 6.88. The molecule has 0 aliphatic carbocycles. The lowest BCUT2D eigenvalue weighted by Crippen LogP contribution is -2.14. The molecular weight excluding hydrogens is 408 g/mol. The van der Waals surface area contributed by atoms with E-state index in [1.807, 2.05) is 24.3 Å². The zero-order valence-electron chi connectivity index (χ0n) is 12.7. The lowest BCUT2D eigenvalue weighted by Gasteiger charge is -2.23. The van der Waals surface area contributed by atoms with Crippen LogP contribution in [-0.4, -0.2) is 10.2 Å². The van der Waals surface area contributed by atoms with E-state index in [0.717, 1.165) is 16.7 Å². The molecule has 0 radical (unpaired) electrons. The number of phenols is 2. The average molecular weight is 426 g/mol. The summed E-state index contributed by atoms with van der Waals surface area (Å²) in [5.41, 5.74) is 3.09. The Labute approximate surface area is 147 Å². The Kier molecular flexibility index (Phi) is 5.03. The summed E-state index contributed by atoms with van der Waals surface area (Å²) in [7, 11) is 0. The highest BCUT2D eigenvalue weighted by Gasteiger charge is 2.19. The Morgan fingerprint density at radius 2 is 1.50 bits per heavy atom. The van der Waals surface area contributed by atoms with E-state index in [2.05, 4.69) is 58.7 Å².